The molecule has 0 unspecified atom stereocenters. The Labute approximate surface area is 165 Å². The molecule has 0 saturated carbocycles. The lowest BCUT2D eigenvalue weighted by atomic mass is 10.1. The van der Waals surface area contributed by atoms with Crippen LogP contribution >= 0.6 is 0 Å². The van der Waals surface area contributed by atoms with Crippen molar-refractivity contribution in [2.75, 3.05) is 19.6 Å². The predicted molar refractivity (Wildman–Crippen MR) is 115 cm³/mol. The Morgan fingerprint density at radius 1 is 0.963 bits per heavy atom. The number of carboxylic acids is 1. The van der Waals surface area contributed by atoms with Crippen LogP contribution in [0.5, 0.6) is 0 Å². The van der Waals surface area contributed by atoms with Crippen LogP contribution in [0.4, 0.5) is 0 Å². The molecule has 1 N–H and O–H groups in total. The molecular weight excluding hydrogens is 336 g/mol. The quantitative estimate of drug-likeness (QED) is 0.276. The molecule has 0 aromatic heterocycles. The van der Waals surface area contributed by atoms with Gasteiger partial charge in [0.15, 0.2) is 0 Å². The fraction of sp³-hybridized carbons (Fsp3) is 0.652. The van der Waals surface area contributed by atoms with Crippen molar-refractivity contribution in [2.24, 2.45) is 4.99 Å². The van der Waals surface area contributed by atoms with Crippen molar-refractivity contribution < 1.29 is 9.90 Å². The summed E-state index contributed by atoms with van der Waals surface area (Å²) < 4.78 is 0. The van der Waals surface area contributed by atoms with E-state index in [2.05, 4.69) is 48.4 Å². The van der Waals surface area contributed by atoms with Crippen molar-refractivity contribution >= 4 is 11.8 Å². The molecule has 0 fully saturated rings. The first-order valence-corrected chi connectivity index (χ1v) is 10.7. The van der Waals surface area contributed by atoms with Gasteiger partial charge >= 0.3 is 5.97 Å². The molecule has 1 aliphatic rings. The highest BCUT2D eigenvalue weighted by Gasteiger charge is 2.18. The summed E-state index contributed by atoms with van der Waals surface area (Å²) in [5.74, 6) is 0.233. The highest BCUT2D eigenvalue weighted by atomic mass is 16.4. The number of unbranched alkanes of at least 4 members (excludes halogenated alkanes) is 6. The predicted octanol–water partition coefficient (Wildman–Crippen LogP) is 5.76. The Balaban J connectivity index is 1.90. The summed E-state index contributed by atoms with van der Waals surface area (Å²) in [6.07, 6.45) is 26.3. The smallest absolute Gasteiger partial charge is 0.323 e. The van der Waals surface area contributed by atoms with Crippen molar-refractivity contribution in [1.82, 2.24) is 4.90 Å². The van der Waals surface area contributed by atoms with E-state index in [1.54, 1.807) is 0 Å². The largest absolute Gasteiger partial charge is 0.480 e. The molecule has 0 aromatic carbocycles. The number of aliphatic carboxylic acids is 1. The third-order valence-electron chi connectivity index (χ3n) is 4.66. The first-order chi connectivity index (χ1) is 13.2. The van der Waals surface area contributed by atoms with Gasteiger partial charge in [0.05, 0.1) is 12.4 Å². The normalized spacial score (nSPS) is 14.9. The number of hydrogen-bond acceptors (Lipinski definition) is 3. The molecule has 0 aromatic rings. The van der Waals surface area contributed by atoms with E-state index in [4.69, 9.17) is 5.11 Å². The van der Waals surface area contributed by atoms with Gasteiger partial charge in [0.1, 0.15) is 6.54 Å². The number of amidine groups is 1. The summed E-state index contributed by atoms with van der Waals surface area (Å²) in [4.78, 5) is 17.2. The average Bonchev–Trinajstić information content (AvgIpc) is 3.07. The van der Waals surface area contributed by atoms with Crippen LogP contribution in [-0.4, -0.2) is 41.4 Å². The fourth-order valence-corrected chi connectivity index (χ4v) is 3.18. The summed E-state index contributed by atoms with van der Waals surface area (Å²) in [5.41, 5.74) is 0. The summed E-state index contributed by atoms with van der Waals surface area (Å²) >= 11 is 0. The van der Waals surface area contributed by atoms with E-state index in [0.717, 1.165) is 51.0 Å². The molecule has 0 amide bonds. The third kappa shape index (κ3) is 13.0. The number of rotatable bonds is 16. The summed E-state index contributed by atoms with van der Waals surface area (Å²) in [5, 5.41) is 8.90. The lowest BCUT2D eigenvalue weighted by molar-refractivity contribution is -0.137. The molecule has 0 spiro atoms. The number of hydrogen-bond donors (Lipinski definition) is 1. The van der Waals surface area contributed by atoms with Gasteiger partial charge < -0.3 is 10.0 Å². The summed E-state index contributed by atoms with van der Waals surface area (Å²) in [6, 6.07) is 0. The molecule has 0 radical (unpaired) electrons. The minimum Gasteiger partial charge on any atom is -0.480 e. The van der Waals surface area contributed by atoms with Gasteiger partial charge in [-0.2, -0.15) is 0 Å². The Morgan fingerprint density at radius 3 is 2.30 bits per heavy atom. The van der Waals surface area contributed by atoms with Gasteiger partial charge in [-0.25, -0.2) is 0 Å². The molecule has 1 heterocycles. The van der Waals surface area contributed by atoms with Gasteiger partial charge in [-0.1, -0.05) is 69.1 Å². The lowest BCUT2D eigenvalue weighted by Gasteiger charge is -2.17. The van der Waals surface area contributed by atoms with E-state index in [9.17, 15) is 4.79 Å². The third-order valence-corrected chi connectivity index (χ3v) is 4.66. The molecular formula is C23H38N2O2. The van der Waals surface area contributed by atoms with Gasteiger partial charge in [-0.05, 0) is 38.5 Å². The van der Waals surface area contributed by atoms with Crippen LogP contribution in [0.15, 0.2) is 41.4 Å². The second-order valence-electron chi connectivity index (χ2n) is 7.07. The Bertz CT molecular complexity index is 507. The van der Waals surface area contributed by atoms with Crippen molar-refractivity contribution in [3.63, 3.8) is 0 Å². The zero-order valence-corrected chi connectivity index (χ0v) is 17.1. The van der Waals surface area contributed by atoms with Crippen LogP contribution in [-0.2, 0) is 4.79 Å². The van der Waals surface area contributed by atoms with Gasteiger partial charge in [-0.15, -0.1) is 0 Å². The zero-order valence-electron chi connectivity index (χ0n) is 17.1. The molecule has 27 heavy (non-hydrogen) atoms. The SMILES string of the molecule is CC/C=C/C/C=C/C/C=C/CCCCCCCCC1=NCCN1CC(=O)O. The topological polar surface area (TPSA) is 52.9 Å². The van der Waals surface area contributed by atoms with E-state index >= 15 is 0 Å². The monoisotopic (exact) mass is 374 g/mol. The minimum absolute atomic E-state index is 0.0953. The maximum atomic E-state index is 10.8. The van der Waals surface area contributed by atoms with E-state index in [0.29, 0.717) is 0 Å². The van der Waals surface area contributed by atoms with E-state index in [1.807, 2.05) is 4.90 Å². The molecule has 0 bridgehead atoms. The van der Waals surface area contributed by atoms with E-state index in [-0.39, 0.29) is 6.54 Å². The highest BCUT2D eigenvalue weighted by Crippen LogP contribution is 2.12. The fourth-order valence-electron chi connectivity index (χ4n) is 3.18. The molecule has 4 heteroatoms. The molecule has 1 rings (SSSR count). The molecule has 152 valence electrons. The van der Waals surface area contributed by atoms with Crippen LogP contribution in [0, 0.1) is 0 Å². The Kier molecular flexibility index (Phi) is 14.0. The van der Waals surface area contributed by atoms with Crippen LogP contribution in [0.1, 0.15) is 77.6 Å². The Morgan fingerprint density at radius 2 is 1.59 bits per heavy atom. The lowest BCUT2D eigenvalue weighted by Crippen LogP contribution is -2.32. The molecule has 0 aliphatic carbocycles. The van der Waals surface area contributed by atoms with E-state index in [1.165, 1.54) is 38.5 Å². The highest BCUT2D eigenvalue weighted by molar-refractivity contribution is 5.86. The van der Waals surface area contributed by atoms with Crippen LogP contribution in [0.25, 0.3) is 0 Å². The number of allylic oxidation sites excluding steroid dienone is 6. The summed E-state index contributed by atoms with van der Waals surface area (Å²) in [6.45, 7) is 3.77. The van der Waals surface area contributed by atoms with Crippen LogP contribution < -0.4 is 0 Å². The Hall–Kier alpha value is -1.84. The molecule has 0 saturated heterocycles. The van der Waals surface area contributed by atoms with Crippen LogP contribution in [0.3, 0.4) is 0 Å². The molecule has 0 atom stereocenters. The van der Waals surface area contributed by atoms with Gasteiger partial charge in [-0.3, -0.25) is 9.79 Å². The van der Waals surface area contributed by atoms with Gasteiger partial charge in [0.25, 0.3) is 0 Å². The second-order valence-corrected chi connectivity index (χ2v) is 7.07. The second kappa shape index (κ2) is 16.3. The maximum absolute atomic E-state index is 10.8. The average molecular weight is 375 g/mol. The number of nitrogens with zero attached hydrogens (tertiary/aromatic N) is 2. The van der Waals surface area contributed by atoms with Crippen molar-refractivity contribution in [3.05, 3.63) is 36.5 Å². The minimum atomic E-state index is -0.765. The van der Waals surface area contributed by atoms with Crippen molar-refractivity contribution in [2.45, 2.75) is 77.6 Å². The number of carboxylic acid groups (broad SMARTS) is 1. The van der Waals surface area contributed by atoms with E-state index < -0.39 is 5.97 Å². The van der Waals surface area contributed by atoms with Crippen molar-refractivity contribution in [3.8, 4) is 0 Å². The first kappa shape index (κ1) is 23.2. The number of carbonyl (C=O) groups is 1. The number of aliphatic imine (C=N–C) groups is 1. The zero-order chi connectivity index (χ0) is 19.6. The first-order valence-electron chi connectivity index (χ1n) is 10.7. The van der Waals surface area contributed by atoms with Crippen LogP contribution in [0.2, 0.25) is 0 Å². The van der Waals surface area contributed by atoms with Gasteiger partial charge in [0.2, 0.25) is 0 Å². The van der Waals surface area contributed by atoms with Crippen molar-refractivity contribution in [1.29, 1.82) is 0 Å². The summed E-state index contributed by atoms with van der Waals surface area (Å²) in [7, 11) is 0. The molecule has 1 aliphatic heterocycles. The molecule has 4 nitrogen and oxygen atoms in total. The standard InChI is InChI=1S/C23H38N2O2/c1-2-3-4-5-6-7-8-9-10-11-12-13-14-15-16-17-18-22-24-19-20-25(22)21-23(26)27/h3-4,6-7,9-10H,2,5,8,11-21H2,1H3,(H,26,27)/b4-3+,7-6+,10-9+. The maximum Gasteiger partial charge on any atom is 0.323 e. The van der Waals surface area contributed by atoms with Gasteiger partial charge in [0, 0.05) is 13.0 Å².